The molecule has 140 valence electrons. The molecule has 0 spiro atoms. The molecule has 0 bridgehead atoms. The minimum absolute atomic E-state index is 0.0664. The summed E-state index contributed by atoms with van der Waals surface area (Å²) in [6.07, 6.45) is 6.20. The molecule has 0 saturated heterocycles. The van der Waals surface area contributed by atoms with Gasteiger partial charge in [-0.05, 0) is 24.7 Å². The van der Waals surface area contributed by atoms with E-state index in [0.717, 1.165) is 25.5 Å². The summed E-state index contributed by atoms with van der Waals surface area (Å²) in [5.74, 6) is 0.862. The SMILES string of the molecule is CN=C(NCCNC(=O)C(C)(C)C)NCC1(CCOC)CCCC1. The molecule has 0 aliphatic heterocycles. The topological polar surface area (TPSA) is 74.8 Å². The first kappa shape index (κ1) is 20.7. The Balaban J connectivity index is 2.33. The van der Waals surface area contributed by atoms with Crippen LogP contribution in [-0.4, -0.2) is 52.3 Å². The molecule has 0 atom stereocenters. The first-order chi connectivity index (χ1) is 11.3. The van der Waals surface area contributed by atoms with E-state index in [-0.39, 0.29) is 11.3 Å². The van der Waals surface area contributed by atoms with E-state index in [2.05, 4.69) is 20.9 Å². The molecule has 24 heavy (non-hydrogen) atoms. The molecule has 1 rings (SSSR count). The van der Waals surface area contributed by atoms with Crippen LogP contribution < -0.4 is 16.0 Å². The van der Waals surface area contributed by atoms with E-state index in [1.807, 2.05) is 20.8 Å². The van der Waals surface area contributed by atoms with Gasteiger partial charge in [0.05, 0.1) is 0 Å². The third-order valence-corrected chi connectivity index (χ3v) is 4.74. The summed E-state index contributed by atoms with van der Waals surface area (Å²) in [6.45, 7) is 8.72. The van der Waals surface area contributed by atoms with E-state index in [4.69, 9.17) is 4.74 Å². The molecule has 0 aromatic carbocycles. The lowest BCUT2D eigenvalue weighted by Gasteiger charge is -2.30. The second-order valence-electron chi connectivity index (χ2n) is 7.81. The van der Waals surface area contributed by atoms with E-state index in [1.165, 1.54) is 25.7 Å². The highest BCUT2D eigenvalue weighted by molar-refractivity contribution is 5.81. The van der Waals surface area contributed by atoms with Gasteiger partial charge in [-0.2, -0.15) is 0 Å². The summed E-state index contributed by atoms with van der Waals surface area (Å²) in [5.41, 5.74) is -0.0236. The quantitative estimate of drug-likeness (QED) is 0.358. The van der Waals surface area contributed by atoms with Crippen LogP contribution in [0, 0.1) is 10.8 Å². The van der Waals surface area contributed by atoms with Crippen molar-refractivity contribution >= 4 is 11.9 Å². The number of hydrogen-bond acceptors (Lipinski definition) is 3. The molecule has 0 radical (unpaired) electrons. The average Bonchev–Trinajstić information content (AvgIpc) is 3.00. The molecule has 1 aliphatic carbocycles. The number of nitrogens with zero attached hydrogens (tertiary/aromatic N) is 1. The van der Waals surface area contributed by atoms with Gasteiger partial charge < -0.3 is 20.7 Å². The number of hydrogen-bond donors (Lipinski definition) is 3. The van der Waals surface area contributed by atoms with Gasteiger partial charge in [-0.3, -0.25) is 9.79 Å². The predicted octanol–water partition coefficient (Wildman–Crippen LogP) is 1.91. The molecular weight excluding hydrogens is 304 g/mol. The number of aliphatic imine (C=N–C) groups is 1. The van der Waals surface area contributed by atoms with Crippen LogP contribution in [0.4, 0.5) is 0 Å². The van der Waals surface area contributed by atoms with Crippen molar-refractivity contribution in [2.75, 3.05) is 40.4 Å². The van der Waals surface area contributed by atoms with Crippen molar-refractivity contribution in [1.82, 2.24) is 16.0 Å². The number of nitrogens with one attached hydrogen (secondary N) is 3. The molecule has 6 nitrogen and oxygen atoms in total. The van der Waals surface area contributed by atoms with E-state index in [0.29, 0.717) is 18.5 Å². The van der Waals surface area contributed by atoms with Gasteiger partial charge in [-0.25, -0.2) is 0 Å². The van der Waals surface area contributed by atoms with Crippen LogP contribution in [0.2, 0.25) is 0 Å². The Morgan fingerprint density at radius 3 is 2.29 bits per heavy atom. The van der Waals surface area contributed by atoms with Crippen molar-refractivity contribution in [2.45, 2.75) is 52.9 Å². The standard InChI is InChI=1S/C18H36N4O2/c1-17(2,3)15(23)20-11-12-21-16(19-4)22-14-18(10-13-24-5)8-6-7-9-18/h6-14H2,1-5H3,(H,20,23)(H2,19,21,22). The predicted molar refractivity (Wildman–Crippen MR) is 99.2 cm³/mol. The number of rotatable bonds is 8. The highest BCUT2D eigenvalue weighted by Crippen LogP contribution is 2.40. The van der Waals surface area contributed by atoms with Crippen LogP contribution in [0.5, 0.6) is 0 Å². The van der Waals surface area contributed by atoms with Crippen LogP contribution in [0.3, 0.4) is 0 Å². The minimum Gasteiger partial charge on any atom is -0.385 e. The van der Waals surface area contributed by atoms with Gasteiger partial charge in [0.25, 0.3) is 0 Å². The normalized spacial score (nSPS) is 17.6. The Labute approximate surface area is 147 Å². The first-order valence-electron chi connectivity index (χ1n) is 9.05. The Kier molecular flexibility index (Phi) is 8.53. The van der Waals surface area contributed by atoms with E-state index < -0.39 is 0 Å². The van der Waals surface area contributed by atoms with Gasteiger partial charge in [-0.1, -0.05) is 33.6 Å². The smallest absolute Gasteiger partial charge is 0.225 e. The average molecular weight is 341 g/mol. The minimum atomic E-state index is -0.351. The summed E-state index contributed by atoms with van der Waals surface area (Å²) in [7, 11) is 3.54. The van der Waals surface area contributed by atoms with Gasteiger partial charge >= 0.3 is 0 Å². The Bertz CT molecular complexity index is 410. The molecule has 1 fully saturated rings. The maximum absolute atomic E-state index is 11.8. The number of ether oxygens (including phenoxy) is 1. The fraction of sp³-hybridized carbons (Fsp3) is 0.889. The molecule has 0 unspecified atom stereocenters. The summed E-state index contributed by atoms with van der Waals surface area (Å²) in [6, 6.07) is 0. The fourth-order valence-electron chi connectivity index (χ4n) is 3.07. The maximum atomic E-state index is 11.8. The van der Waals surface area contributed by atoms with Gasteiger partial charge in [0.1, 0.15) is 0 Å². The highest BCUT2D eigenvalue weighted by atomic mass is 16.5. The van der Waals surface area contributed by atoms with Crippen molar-refractivity contribution in [3.05, 3.63) is 0 Å². The Hall–Kier alpha value is -1.30. The lowest BCUT2D eigenvalue weighted by atomic mass is 9.83. The number of carbonyl (C=O) groups excluding carboxylic acids is 1. The fourth-order valence-corrected chi connectivity index (χ4v) is 3.07. The molecular formula is C18H36N4O2. The van der Waals surface area contributed by atoms with Crippen LogP contribution in [0.25, 0.3) is 0 Å². The van der Waals surface area contributed by atoms with Crippen LogP contribution in [-0.2, 0) is 9.53 Å². The van der Waals surface area contributed by atoms with Gasteiger partial charge in [0.2, 0.25) is 5.91 Å². The number of methoxy groups -OCH3 is 1. The van der Waals surface area contributed by atoms with Crippen molar-refractivity contribution in [3.63, 3.8) is 0 Å². The van der Waals surface area contributed by atoms with Gasteiger partial charge in [-0.15, -0.1) is 0 Å². The molecule has 0 heterocycles. The molecule has 1 amide bonds. The number of carbonyl (C=O) groups is 1. The zero-order valence-electron chi connectivity index (χ0n) is 16.1. The van der Waals surface area contributed by atoms with Crippen molar-refractivity contribution in [3.8, 4) is 0 Å². The molecule has 6 heteroatoms. The lowest BCUT2D eigenvalue weighted by Crippen LogP contribution is -2.46. The van der Waals surface area contributed by atoms with E-state index in [9.17, 15) is 4.79 Å². The van der Waals surface area contributed by atoms with Crippen molar-refractivity contribution in [2.24, 2.45) is 15.8 Å². The number of amides is 1. The number of guanidine groups is 1. The second-order valence-corrected chi connectivity index (χ2v) is 7.81. The zero-order valence-corrected chi connectivity index (χ0v) is 16.1. The summed E-state index contributed by atoms with van der Waals surface area (Å²) < 4.78 is 5.28. The van der Waals surface area contributed by atoms with Crippen LogP contribution >= 0.6 is 0 Å². The van der Waals surface area contributed by atoms with E-state index >= 15 is 0 Å². The summed E-state index contributed by atoms with van der Waals surface area (Å²) >= 11 is 0. The lowest BCUT2D eigenvalue weighted by molar-refractivity contribution is -0.128. The van der Waals surface area contributed by atoms with Crippen molar-refractivity contribution < 1.29 is 9.53 Å². The highest BCUT2D eigenvalue weighted by Gasteiger charge is 2.33. The van der Waals surface area contributed by atoms with E-state index in [1.54, 1.807) is 14.2 Å². The first-order valence-corrected chi connectivity index (χ1v) is 9.05. The van der Waals surface area contributed by atoms with Gasteiger partial charge in [0, 0.05) is 45.8 Å². The maximum Gasteiger partial charge on any atom is 0.225 e. The van der Waals surface area contributed by atoms with Crippen LogP contribution in [0.1, 0.15) is 52.9 Å². The van der Waals surface area contributed by atoms with Crippen LogP contribution in [0.15, 0.2) is 4.99 Å². The Morgan fingerprint density at radius 1 is 1.12 bits per heavy atom. The van der Waals surface area contributed by atoms with Crippen molar-refractivity contribution in [1.29, 1.82) is 0 Å². The summed E-state index contributed by atoms with van der Waals surface area (Å²) in [4.78, 5) is 16.1. The molecule has 0 aromatic rings. The zero-order chi connectivity index (χ0) is 18.1. The Morgan fingerprint density at radius 2 is 1.75 bits per heavy atom. The monoisotopic (exact) mass is 340 g/mol. The molecule has 3 N–H and O–H groups in total. The molecule has 1 saturated carbocycles. The third kappa shape index (κ3) is 7.07. The largest absolute Gasteiger partial charge is 0.385 e. The summed E-state index contributed by atoms with van der Waals surface area (Å²) in [5, 5.41) is 9.65. The van der Waals surface area contributed by atoms with Gasteiger partial charge in [0.15, 0.2) is 5.96 Å². The molecule has 0 aromatic heterocycles. The third-order valence-electron chi connectivity index (χ3n) is 4.74. The molecule has 1 aliphatic rings. The second kappa shape index (κ2) is 9.87.